The Morgan fingerprint density at radius 1 is 1.39 bits per heavy atom. The Hall–Kier alpha value is -3.02. The van der Waals surface area contributed by atoms with Crippen molar-refractivity contribution in [1.29, 1.82) is 0 Å². The predicted octanol–water partition coefficient (Wildman–Crippen LogP) is 1.30. The average molecular weight is 455 g/mol. The molecule has 3 aliphatic heterocycles. The van der Waals surface area contributed by atoms with Crippen LogP contribution in [0.1, 0.15) is 30.6 Å². The fraction of sp³-hybridized carbons (Fsp3) is 0.545. The standard InChI is InChI=1S/C22H30N8O3/c1-4-33-8-7-30-18-17(19(21(31)32)28(30)3)26-22(29-12-14-10-15(29)11-24-14)27-20(18)25-16-9-13(2)5-6-23-16/h5-6,9,14-15,19,24H,4,7-8,10-12H2,1-3H3,(H,31,32)(H,23,25,26,27)/t14-,15-,19?/m0/s1. The molecule has 176 valence electrons. The molecule has 2 bridgehead atoms. The molecule has 3 atom stereocenters. The molecule has 0 spiro atoms. The highest BCUT2D eigenvalue weighted by atomic mass is 16.5. The highest BCUT2D eigenvalue weighted by Gasteiger charge is 2.45. The molecule has 3 N–H and O–H groups in total. The highest BCUT2D eigenvalue weighted by molar-refractivity contribution is 5.85. The molecule has 11 nitrogen and oxygen atoms in total. The SMILES string of the molecule is CCOCCN1c2c(Nc3cc(C)ccn3)nc(N3C[C@@H]4C[C@H]3CN4)nc2C(C(=O)O)N1C. The molecule has 0 radical (unpaired) electrons. The van der Waals surface area contributed by atoms with Crippen LogP contribution >= 0.6 is 0 Å². The smallest absolute Gasteiger partial charge is 0.329 e. The number of carboxylic acids is 1. The molecule has 0 amide bonds. The Morgan fingerprint density at radius 2 is 2.24 bits per heavy atom. The molecule has 2 aromatic rings. The van der Waals surface area contributed by atoms with E-state index in [4.69, 9.17) is 14.7 Å². The Balaban J connectivity index is 1.60. The number of hydrazine groups is 1. The highest BCUT2D eigenvalue weighted by Crippen LogP contribution is 2.44. The van der Waals surface area contributed by atoms with Gasteiger partial charge in [-0.25, -0.2) is 15.0 Å². The third-order valence-electron chi connectivity index (χ3n) is 6.53. The molecule has 0 aliphatic carbocycles. The Morgan fingerprint density at radius 3 is 2.91 bits per heavy atom. The summed E-state index contributed by atoms with van der Waals surface area (Å²) >= 11 is 0. The van der Waals surface area contributed by atoms with Crippen LogP contribution in [-0.4, -0.2) is 83.0 Å². The number of rotatable bonds is 8. The van der Waals surface area contributed by atoms with Crippen molar-refractivity contribution in [3.63, 3.8) is 0 Å². The lowest BCUT2D eigenvalue weighted by atomic mass is 10.2. The number of piperazine rings is 1. The van der Waals surface area contributed by atoms with Gasteiger partial charge in [0.15, 0.2) is 11.9 Å². The van der Waals surface area contributed by atoms with E-state index in [1.54, 1.807) is 18.3 Å². The van der Waals surface area contributed by atoms with Crippen LogP contribution in [0.5, 0.6) is 0 Å². The van der Waals surface area contributed by atoms with Gasteiger partial charge in [-0.05, 0) is 38.0 Å². The maximum absolute atomic E-state index is 12.3. The second-order valence-corrected chi connectivity index (χ2v) is 8.73. The number of aliphatic carboxylic acids is 1. The van der Waals surface area contributed by atoms with E-state index in [2.05, 4.69) is 20.5 Å². The first-order valence-electron chi connectivity index (χ1n) is 11.4. The number of ether oxygens (including phenoxy) is 1. The number of nitrogens with zero attached hydrogens (tertiary/aromatic N) is 6. The number of carbonyl (C=O) groups is 1. The zero-order chi connectivity index (χ0) is 23.1. The molecular formula is C22H30N8O3. The third-order valence-corrected chi connectivity index (χ3v) is 6.53. The van der Waals surface area contributed by atoms with Gasteiger partial charge in [-0.2, -0.15) is 4.98 Å². The molecule has 5 heterocycles. The van der Waals surface area contributed by atoms with Crippen LogP contribution in [0, 0.1) is 6.92 Å². The topological polar surface area (TPSA) is 119 Å². The second kappa shape index (κ2) is 8.73. The van der Waals surface area contributed by atoms with Crippen LogP contribution in [0.3, 0.4) is 0 Å². The van der Waals surface area contributed by atoms with Crippen molar-refractivity contribution in [2.75, 3.05) is 55.1 Å². The Bertz CT molecular complexity index is 1050. The minimum atomic E-state index is -0.952. The number of pyridine rings is 1. The molecule has 0 saturated carbocycles. The van der Waals surface area contributed by atoms with Crippen molar-refractivity contribution < 1.29 is 14.6 Å². The summed E-state index contributed by atoms with van der Waals surface area (Å²) in [6.07, 6.45) is 2.79. The van der Waals surface area contributed by atoms with Gasteiger partial charge in [-0.15, -0.1) is 0 Å². The fourth-order valence-corrected chi connectivity index (χ4v) is 4.97. The molecule has 2 fully saturated rings. The number of anilines is 4. The van der Waals surface area contributed by atoms with Crippen LogP contribution < -0.4 is 20.5 Å². The van der Waals surface area contributed by atoms with E-state index >= 15 is 0 Å². The van der Waals surface area contributed by atoms with Gasteiger partial charge in [-0.1, -0.05) is 0 Å². The summed E-state index contributed by atoms with van der Waals surface area (Å²) in [7, 11) is 1.77. The summed E-state index contributed by atoms with van der Waals surface area (Å²) in [5, 5.41) is 20.5. The monoisotopic (exact) mass is 454 g/mol. The molecular weight excluding hydrogens is 424 g/mol. The minimum absolute atomic E-state index is 0.314. The first-order chi connectivity index (χ1) is 16.0. The average Bonchev–Trinajstić information content (AvgIpc) is 3.47. The zero-order valence-electron chi connectivity index (χ0n) is 19.2. The van der Waals surface area contributed by atoms with Gasteiger partial charge in [0.05, 0.1) is 13.2 Å². The van der Waals surface area contributed by atoms with Crippen molar-refractivity contribution in [3.8, 4) is 0 Å². The van der Waals surface area contributed by atoms with E-state index in [9.17, 15) is 9.90 Å². The third kappa shape index (κ3) is 3.96. The lowest BCUT2D eigenvalue weighted by Gasteiger charge is -2.30. The number of nitrogens with one attached hydrogen (secondary N) is 2. The Labute approximate surface area is 192 Å². The van der Waals surface area contributed by atoms with Crippen molar-refractivity contribution in [1.82, 2.24) is 25.3 Å². The van der Waals surface area contributed by atoms with E-state index in [-0.39, 0.29) is 0 Å². The predicted molar refractivity (Wildman–Crippen MR) is 124 cm³/mol. The van der Waals surface area contributed by atoms with E-state index in [0.29, 0.717) is 60.8 Å². The van der Waals surface area contributed by atoms with Crippen molar-refractivity contribution in [3.05, 3.63) is 29.6 Å². The molecule has 0 aromatic carbocycles. The summed E-state index contributed by atoms with van der Waals surface area (Å²) in [4.78, 5) is 28.7. The first kappa shape index (κ1) is 21.8. The molecule has 3 aliphatic rings. The molecule has 33 heavy (non-hydrogen) atoms. The number of aryl methyl sites for hydroxylation is 1. The van der Waals surface area contributed by atoms with Gasteiger partial charge in [0.2, 0.25) is 5.95 Å². The zero-order valence-corrected chi connectivity index (χ0v) is 19.2. The molecule has 1 unspecified atom stereocenters. The van der Waals surface area contributed by atoms with Crippen LogP contribution in [0.4, 0.5) is 23.3 Å². The van der Waals surface area contributed by atoms with Gasteiger partial charge in [0.1, 0.15) is 17.2 Å². The van der Waals surface area contributed by atoms with E-state index in [0.717, 1.165) is 25.1 Å². The Kier molecular flexibility index (Phi) is 5.77. The number of aromatic nitrogens is 3. The van der Waals surface area contributed by atoms with Crippen LogP contribution in [-0.2, 0) is 9.53 Å². The van der Waals surface area contributed by atoms with Gasteiger partial charge in [0.25, 0.3) is 0 Å². The van der Waals surface area contributed by atoms with Crippen LogP contribution in [0.15, 0.2) is 18.3 Å². The van der Waals surface area contributed by atoms with Gasteiger partial charge in [0, 0.05) is 45.0 Å². The van der Waals surface area contributed by atoms with E-state index in [1.165, 1.54) is 0 Å². The molecule has 2 aromatic heterocycles. The molecule has 11 heteroatoms. The molecule has 5 rings (SSSR count). The maximum atomic E-state index is 12.3. The number of fused-ring (bicyclic) bond motifs is 3. The largest absolute Gasteiger partial charge is 0.480 e. The summed E-state index contributed by atoms with van der Waals surface area (Å²) < 4.78 is 5.56. The summed E-state index contributed by atoms with van der Waals surface area (Å²) in [6.45, 7) is 7.16. The lowest BCUT2D eigenvalue weighted by molar-refractivity contribution is -0.142. The molecule has 2 saturated heterocycles. The quantitative estimate of drug-likeness (QED) is 0.501. The van der Waals surface area contributed by atoms with Gasteiger partial charge < -0.3 is 25.4 Å². The van der Waals surface area contributed by atoms with Gasteiger partial charge in [-0.3, -0.25) is 9.80 Å². The number of carboxylic acid groups (broad SMARTS) is 1. The minimum Gasteiger partial charge on any atom is -0.480 e. The normalized spacial score (nSPS) is 23.9. The summed E-state index contributed by atoms with van der Waals surface area (Å²) in [5.74, 6) is 0.810. The van der Waals surface area contributed by atoms with E-state index < -0.39 is 12.0 Å². The summed E-state index contributed by atoms with van der Waals surface area (Å²) in [6, 6.07) is 3.69. The van der Waals surface area contributed by atoms with E-state index in [1.807, 2.05) is 31.0 Å². The van der Waals surface area contributed by atoms with Crippen molar-refractivity contribution in [2.24, 2.45) is 0 Å². The van der Waals surface area contributed by atoms with Crippen molar-refractivity contribution >= 4 is 29.2 Å². The first-order valence-corrected chi connectivity index (χ1v) is 11.4. The van der Waals surface area contributed by atoms with Crippen LogP contribution in [0.2, 0.25) is 0 Å². The number of likely N-dealkylation sites (N-methyl/N-ethyl adjacent to an activating group) is 1. The van der Waals surface area contributed by atoms with Crippen LogP contribution in [0.25, 0.3) is 0 Å². The maximum Gasteiger partial charge on any atom is 0.329 e. The lowest BCUT2D eigenvalue weighted by Crippen LogP contribution is -2.44. The van der Waals surface area contributed by atoms with Crippen molar-refractivity contribution in [2.45, 2.75) is 38.4 Å². The number of hydrogen-bond acceptors (Lipinski definition) is 10. The summed E-state index contributed by atoms with van der Waals surface area (Å²) in [5.41, 5.74) is 2.20. The fourth-order valence-electron chi connectivity index (χ4n) is 4.97. The second-order valence-electron chi connectivity index (χ2n) is 8.73. The number of hydrogen-bond donors (Lipinski definition) is 3. The van der Waals surface area contributed by atoms with Gasteiger partial charge >= 0.3 is 5.97 Å².